The molecule has 2 amide bonds. The van der Waals surface area contributed by atoms with Crippen LogP contribution in [0.3, 0.4) is 0 Å². The molecule has 2 aromatic carbocycles. The maximum Gasteiger partial charge on any atom is 0.251 e. The molecule has 1 heterocycles. The molecule has 0 radical (unpaired) electrons. The van der Waals surface area contributed by atoms with Crippen LogP contribution in [0.25, 0.3) is 0 Å². The van der Waals surface area contributed by atoms with E-state index in [1.807, 2.05) is 57.7 Å². The van der Waals surface area contributed by atoms with Gasteiger partial charge in [0.15, 0.2) is 0 Å². The van der Waals surface area contributed by atoms with Gasteiger partial charge in [-0.05, 0) is 56.5 Å². The average molecular weight is 456 g/mol. The van der Waals surface area contributed by atoms with Gasteiger partial charge in [0.2, 0.25) is 5.91 Å². The Kier molecular flexibility index (Phi) is 8.08. The summed E-state index contributed by atoms with van der Waals surface area (Å²) in [6.07, 6.45) is 0.0742. The second-order valence-electron chi connectivity index (χ2n) is 9.23. The molecule has 2 aromatic rings. The lowest BCUT2D eigenvalue weighted by Gasteiger charge is -2.37. The normalized spacial score (nSPS) is 19.3. The van der Waals surface area contributed by atoms with Crippen molar-refractivity contribution in [2.24, 2.45) is 5.92 Å². The molecule has 0 saturated carbocycles. The van der Waals surface area contributed by atoms with E-state index < -0.39 is 6.04 Å². The summed E-state index contributed by atoms with van der Waals surface area (Å²) >= 11 is 0. The number of nitrogens with zero attached hydrogens (tertiary/aromatic N) is 1. The van der Waals surface area contributed by atoms with Gasteiger partial charge in [0.05, 0.1) is 17.9 Å². The summed E-state index contributed by atoms with van der Waals surface area (Å²) in [5.41, 5.74) is 2.68. The number of hydrogen-bond acceptors (Lipinski definition) is 4. The topological polar surface area (TPSA) is 70.7 Å². The minimum atomic E-state index is -0.696. The number of amides is 2. The van der Waals surface area contributed by atoms with Gasteiger partial charge in [-0.1, -0.05) is 37.6 Å². The van der Waals surface area contributed by atoms with Gasteiger partial charge < -0.3 is 20.3 Å². The zero-order chi connectivity index (χ0) is 24.1. The maximum absolute atomic E-state index is 14.8. The molecular formula is C26H34FN3O3. The minimum absolute atomic E-state index is 0.0371. The summed E-state index contributed by atoms with van der Waals surface area (Å²) in [4.78, 5) is 27.4. The molecule has 1 aliphatic rings. The van der Waals surface area contributed by atoms with E-state index in [1.54, 1.807) is 18.2 Å². The molecule has 178 valence electrons. The van der Waals surface area contributed by atoms with Crippen molar-refractivity contribution in [3.8, 4) is 0 Å². The van der Waals surface area contributed by atoms with Crippen LogP contribution in [-0.2, 0) is 16.1 Å². The number of halogens is 1. The van der Waals surface area contributed by atoms with Crippen LogP contribution < -0.4 is 15.5 Å². The number of rotatable bonds is 7. The number of anilines is 1. The molecule has 33 heavy (non-hydrogen) atoms. The minimum Gasteiger partial charge on any atom is -0.372 e. The van der Waals surface area contributed by atoms with Gasteiger partial charge in [-0.2, -0.15) is 0 Å². The molecule has 1 aliphatic heterocycles. The summed E-state index contributed by atoms with van der Waals surface area (Å²) < 4.78 is 20.6. The average Bonchev–Trinajstić information content (AvgIpc) is 2.74. The molecular weight excluding hydrogens is 421 g/mol. The first-order valence-corrected chi connectivity index (χ1v) is 11.5. The predicted octanol–water partition coefficient (Wildman–Crippen LogP) is 3.82. The Morgan fingerprint density at radius 3 is 2.42 bits per heavy atom. The van der Waals surface area contributed by atoms with Crippen LogP contribution in [0, 0.1) is 18.7 Å². The van der Waals surface area contributed by atoms with Crippen LogP contribution in [0.5, 0.6) is 0 Å². The first-order chi connectivity index (χ1) is 15.6. The quantitative estimate of drug-likeness (QED) is 0.666. The monoisotopic (exact) mass is 455 g/mol. The van der Waals surface area contributed by atoms with Crippen molar-refractivity contribution >= 4 is 17.5 Å². The predicted molar refractivity (Wildman–Crippen MR) is 128 cm³/mol. The van der Waals surface area contributed by atoms with Crippen LogP contribution in [0.2, 0.25) is 0 Å². The van der Waals surface area contributed by atoms with E-state index in [0.29, 0.717) is 29.9 Å². The Balaban J connectivity index is 1.62. The van der Waals surface area contributed by atoms with E-state index in [2.05, 4.69) is 10.6 Å². The number of morpholine rings is 1. The van der Waals surface area contributed by atoms with Crippen molar-refractivity contribution < 1.29 is 18.7 Å². The highest BCUT2D eigenvalue weighted by atomic mass is 19.1. The van der Waals surface area contributed by atoms with Gasteiger partial charge in [0, 0.05) is 25.2 Å². The Hall–Kier alpha value is -2.93. The Morgan fingerprint density at radius 1 is 1.12 bits per heavy atom. The van der Waals surface area contributed by atoms with Crippen molar-refractivity contribution in [1.82, 2.24) is 10.6 Å². The first kappa shape index (κ1) is 24.7. The van der Waals surface area contributed by atoms with Crippen LogP contribution in [0.1, 0.15) is 49.2 Å². The van der Waals surface area contributed by atoms with E-state index in [9.17, 15) is 14.0 Å². The van der Waals surface area contributed by atoms with Crippen molar-refractivity contribution in [2.75, 3.05) is 18.0 Å². The SMILES string of the molecule is Cc1cccc(C(=O)NC(C(=O)NCc2ccc(N3CC(C)OC(C)C3)c(F)c2)C(C)C)c1. The molecule has 3 unspecified atom stereocenters. The molecule has 1 saturated heterocycles. The highest BCUT2D eigenvalue weighted by Crippen LogP contribution is 2.24. The fourth-order valence-corrected chi connectivity index (χ4v) is 4.14. The molecule has 3 atom stereocenters. The highest BCUT2D eigenvalue weighted by molar-refractivity contribution is 5.97. The van der Waals surface area contributed by atoms with Gasteiger partial charge in [-0.15, -0.1) is 0 Å². The van der Waals surface area contributed by atoms with Crippen molar-refractivity contribution in [1.29, 1.82) is 0 Å². The maximum atomic E-state index is 14.8. The number of hydrogen-bond donors (Lipinski definition) is 2. The number of aryl methyl sites for hydroxylation is 1. The zero-order valence-corrected chi connectivity index (χ0v) is 20.0. The van der Waals surface area contributed by atoms with E-state index in [-0.39, 0.29) is 42.3 Å². The van der Waals surface area contributed by atoms with Gasteiger partial charge in [0.1, 0.15) is 11.9 Å². The van der Waals surface area contributed by atoms with Gasteiger partial charge in [-0.25, -0.2) is 4.39 Å². The largest absolute Gasteiger partial charge is 0.372 e. The Bertz CT molecular complexity index is 984. The molecule has 0 aliphatic carbocycles. The van der Waals surface area contributed by atoms with Crippen molar-refractivity contribution in [3.63, 3.8) is 0 Å². The van der Waals surface area contributed by atoms with E-state index in [0.717, 1.165) is 5.56 Å². The second kappa shape index (κ2) is 10.8. The highest BCUT2D eigenvalue weighted by Gasteiger charge is 2.26. The second-order valence-corrected chi connectivity index (χ2v) is 9.23. The standard InChI is InChI=1S/C26H34FN3O3/c1-16(2)24(29-25(31)21-8-6-7-17(3)11-21)26(32)28-13-20-9-10-23(22(27)12-20)30-14-18(4)33-19(5)15-30/h6-12,16,18-19,24H,13-15H2,1-5H3,(H,28,32)(H,29,31). The summed E-state index contributed by atoms with van der Waals surface area (Å²) in [5.74, 6) is -1.03. The van der Waals surface area contributed by atoms with Crippen LogP contribution >= 0.6 is 0 Å². The molecule has 0 spiro atoms. The molecule has 7 heteroatoms. The van der Waals surface area contributed by atoms with Crippen LogP contribution in [0.4, 0.5) is 10.1 Å². The lowest BCUT2D eigenvalue weighted by atomic mass is 10.0. The van der Waals surface area contributed by atoms with Gasteiger partial charge in [-0.3, -0.25) is 9.59 Å². The van der Waals surface area contributed by atoms with Crippen LogP contribution in [-0.4, -0.2) is 43.2 Å². The molecule has 6 nitrogen and oxygen atoms in total. The zero-order valence-electron chi connectivity index (χ0n) is 20.0. The number of benzene rings is 2. The third-order valence-corrected chi connectivity index (χ3v) is 5.76. The van der Waals surface area contributed by atoms with E-state index in [1.165, 1.54) is 6.07 Å². The van der Waals surface area contributed by atoms with Gasteiger partial charge >= 0.3 is 0 Å². The fourth-order valence-electron chi connectivity index (χ4n) is 4.14. The van der Waals surface area contributed by atoms with Crippen molar-refractivity contribution in [2.45, 2.75) is 59.4 Å². The smallest absolute Gasteiger partial charge is 0.251 e. The lowest BCUT2D eigenvalue weighted by molar-refractivity contribution is -0.124. The van der Waals surface area contributed by atoms with Crippen molar-refractivity contribution in [3.05, 3.63) is 65.0 Å². The third kappa shape index (κ3) is 6.54. The summed E-state index contributed by atoms with van der Waals surface area (Å²) in [6.45, 7) is 11.1. The Labute approximate surface area is 195 Å². The number of nitrogens with one attached hydrogen (secondary N) is 2. The summed E-state index contributed by atoms with van der Waals surface area (Å²) in [5, 5.41) is 5.66. The number of ether oxygens (including phenoxy) is 1. The van der Waals surface area contributed by atoms with Gasteiger partial charge in [0.25, 0.3) is 5.91 Å². The lowest BCUT2D eigenvalue weighted by Crippen LogP contribution is -2.49. The molecule has 3 rings (SSSR count). The molecule has 1 fully saturated rings. The molecule has 0 aromatic heterocycles. The first-order valence-electron chi connectivity index (χ1n) is 11.5. The van der Waals surface area contributed by atoms with E-state index in [4.69, 9.17) is 4.74 Å². The summed E-state index contributed by atoms with van der Waals surface area (Å²) in [6, 6.07) is 11.6. The Morgan fingerprint density at radius 2 is 1.82 bits per heavy atom. The summed E-state index contributed by atoms with van der Waals surface area (Å²) in [7, 11) is 0. The van der Waals surface area contributed by atoms with Crippen LogP contribution in [0.15, 0.2) is 42.5 Å². The van der Waals surface area contributed by atoms with E-state index >= 15 is 0 Å². The third-order valence-electron chi connectivity index (χ3n) is 5.76. The number of carbonyl (C=O) groups excluding carboxylic acids is 2. The fraction of sp³-hybridized carbons (Fsp3) is 0.462. The molecule has 0 bridgehead atoms. The number of carbonyl (C=O) groups is 2. The molecule has 2 N–H and O–H groups in total.